The van der Waals surface area contributed by atoms with Crippen LogP contribution in [0.3, 0.4) is 0 Å². The summed E-state index contributed by atoms with van der Waals surface area (Å²) in [7, 11) is 0. The molecular weight excluding hydrogens is 306 g/mol. The Morgan fingerprint density at radius 2 is 2.17 bits per heavy atom. The van der Waals surface area contributed by atoms with Crippen LogP contribution in [-0.4, -0.2) is 40.2 Å². The molecule has 1 aliphatic heterocycles. The van der Waals surface area contributed by atoms with Crippen molar-refractivity contribution >= 4 is 17.5 Å². The number of carbonyl (C=O) groups is 1. The van der Waals surface area contributed by atoms with E-state index in [1.807, 2.05) is 37.4 Å². The van der Waals surface area contributed by atoms with Crippen LogP contribution in [0.4, 0.5) is 0 Å². The highest BCUT2D eigenvalue weighted by Crippen LogP contribution is 2.23. The van der Waals surface area contributed by atoms with Gasteiger partial charge in [0.05, 0.1) is 5.69 Å². The SMILES string of the molecule is CSc1ccc(C(=O)C2CCCN(Cc3cc(C)[nH]n3)C2)cc1. The van der Waals surface area contributed by atoms with E-state index in [9.17, 15) is 4.79 Å². The molecule has 0 spiro atoms. The number of hydrogen-bond acceptors (Lipinski definition) is 4. The third-order valence-electron chi connectivity index (χ3n) is 4.40. The van der Waals surface area contributed by atoms with Gasteiger partial charge in [0.2, 0.25) is 0 Å². The number of benzene rings is 1. The summed E-state index contributed by atoms with van der Waals surface area (Å²) in [6.45, 7) is 4.70. The molecule has 5 heteroatoms. The van der Waals surface area contributed by atoms with Crippen LogP contribution >= 0.6 is 11.8 Å². The average Bonchev–Trinajstić information content (AvgIpc) is 2.99. The molecule has 0 amide bonds. The van der Waals surface area contributed by atoms with Crippen LogP contribution in [0.15, 0.2) is 35.2 Å². The average molecular weight is 329 g/mol. The van der Waals surface area contributed by atoms with E-state index in [1.165, 1.54) is 4.90 Å². The molecule has 1 aromatic heterocycles. The van der Waals surface area contributed by atoms with Gasteiger partial charge >= 0.3 is 0 Å². The summed E-state index contributed by atoms with van der Waals surface area (Å²) < 4.78 is 0. The standard InChI is InChI=1S/C18H23N3OS/c1-13-10-16(20-19-13)12-21-9-3-4-15(11-21)18(22)14-5-7-17(23-2)8-6-14/h5-8,10,15H,3-4,9,11-12H2,1-2H3,(H,19,20). The van der Waals surface area contributed by atoms with E-state index >= 15 is 0 Å². The minimum Gasteiger partial charge on any atom is -0.297 e. The number of rotatable bonds is 5. The fourth-order valence-corrected chi connectivity index (χ4v) is 3.60. The van der Waals surface area contributed by atoms with Gasteiger partial charge in [-0.1, -0.05) is 12.1 Å². The third kappa shape index (κ3) is 4.03. The topological polar surface area (TPSA) is 49.0 Å². The predicted octanol–water partition coefficient (Wildman–Crippen LogP) is 3.53. The maximum Gasteiger partial charge on any atom is 0.167 e. The van der Waals surface area contributed by atoms with Crippen LogP contribution < -0.4 is 0 Å². The summed E-state index contributed by atoms with van der Waals surface area (Å²) >= 11 is 1.70. The number of aromatic amines is 1. The lowest BCUT2D eigenvalue weighted by molar-refractivity contribution is 0.0810. The lowest BCUT2D eigenvalue weighted by Crippen LogP contribution is -2.38. The van der Waals surface area contributed by atoms with Crippen molar-refractivity contribution in [2.45, 2.75) is 31.2 Å². The lowest BCUT2D eigenvalue weighted by atomic mass is 9.90. The van der Waals surface area contributed by atoms with Crippen molar-refractivity contribution in [3.8, 4) is 0 Å². The number of aryl methyl sites for hydroxylation is 1. The second-order valence-electron chi connectivity index (χ2n) is 6.21. The normalized spacial score (nSPS) is 19.0. The van der Waals surface area contributed by atoms with Gasteiger partial charge in [-0.05, 0) is 50.8 Å². The lowest BCUT2D eigenvalue weighted by Gasteiger charge is -2.31. The van der Waals surface area contributed by atoms with Crippen LogP contribution in [0.25, 0.3) is 0 Å². The van der Waals surface area contributed by atoms with Crippen LogP contribution in [0.5, 0.6) is 0 Å². The summed E-state index contributed by atoms with van der Waals surface area (Å²) in [6.07, 6.45) is 4.11. The van der Waals surface area contributed by atoms with Crippen molar-refractivity contribution in [2.75, 3.05) is 19.3 Å². The summed E-state index contributed by atoms with van der Waals surface area (Å²) in [5.41, 5.74) is 2.98. The van der Waals surface area contributed by atoms with Crippen molar-refractivity contribution < 1.29 is 4.79 Å². The first-order valence-corrected chi connectivity index (χ1v) is 9.29. The number of nitrogens with zero attached hydrogens (tertiary/aromatic N) is 2. The number of ketones is 1. The summed E-state index contributed by atoms with van der Waals surface area (Å²) in [6, 6.07) is 10.1. The summed E-state index contributed by atoms with van der Waals surface area (Å²) in [5.74, 6) is 0.379. The van der Waals surface area contributed by atoms with E-state index < -0.39 is 0 Å². The Morgan fingerprint density at radius 1 is 1.39 bits per heavy atom. The van der Waals surface area contributed by atoms with Crippen molar-refractivity contribution in [2.24, 2.45) is 5.92 Å². The first-order chi connectivity index (χ1) is 11.2. The molecule has 2 aromatic rings. The Morgan fingerprint density at radius 3 is 2.83 bits per heavy atom. The Kier molecular flexibility index (Phi) is 5.18. The molecule has 1 saturated heterocycles. The molecular formula is C18H23N3OS. The minimum absolute atomic E-state index is 0.101. The highest BCUT2D eigenvalue weighted by atomic mass is 32.2. The maximum atomic E-state index is 12.7. The summed E-state index contributed by atoms with van der Waals surface area (Å²) in [5, 5.41) is 7.29. The van der Waals surface area contributed by atoms with Crippen LogP contribution in [-0.2, 0) is 6.54 Å². The maximum absolute atomic E-state index is 12.7. The first-order valence-electron chi connectivity index (χ1n) is 8.07. The van der Waals surface area contributed by atoms with E-state index in [-0.39, 0.29) is 11.7 Å². The van der Waals surface area contributed by atoms with Gasteiger partial charge < -0.3 is 0 Å². The molecule has 1 atom stereocenters. The molecule has 0 saturated carbocycles. The zero-order chi connectivity index (χ0) is 16.2. The smallest absolute Gasteiger partial charge is 0.167 e. The second kappa shape index (κ2) is 7.32. The molecule has 1 aromatic carbocycles. The van der Waals surface area contributed by atoms with Gasteiger partial charge in [-0.25, -0.2) is 0 Å². The van der Waals surface area contributed by atoms with Crippen LogP contribution in [0.1, 0.15) is 34.6 Å². The number of hydrogen-bond donors (Lipinski definition) is 1. The Balaban J connectivity index is 1.63. The first kappa shape index (κ1) is 16.3. The molecule has 0 radical (unpaired) electrons. The summed E-state index contributed by atoms with van der Waals surface area (Å²) in [4.78, 5) is 16.3. The quantitative estimate of drug-likeness (QED) is 0.673. The largest absolute Gasteiger partial charge is 0.297 e. The Labute approximate surface area is 141 Å². The second-order valence-corrected chi connectivity index (χ2v) is 7.09. The van der Waals surface area contributed by atoms with Crippen molar-refractivity contribution in [3.05, 3.63) is 47.3 Å². The number of Topliss-reactive ketones (excluding diaryl/α,β-unsaturated/α-hetero) is 1. The third-order valence-corrected chi connectivity index (χ3v) is 5.14. The van der Waals surface area contributed by atoms with Crippen LogP contribution in [0.2, 0.25) is 0 Å². The molecule has 2 heterocycles. The molecule has 23 heavy (non-hydrogen) atoms. The predicted molar refractivity (Wildman–Crippen MR) is 93.9 cm³/mol. The van der Waals surface area contributed by atoms with Gasteiger partial charge in [-0.3, -0.25) is 14.8 Å². The highest BCUT2D eigenvalue weighted by Gasteiger charge is 2.26. The van der Waals surface area contributed by atoms with Crippen molar-refractivity contribution in [1.82, 2.24) is 15.1 Å². The molecule has 122 valence electrons. The van der Waals surface area contributed by atoms with Gasteiger partial charge in [-0.2, -0.15) is 5.10 Å². The fraction of sp³-hybridized carbons (Fsp3) is 0.444. The zero-order valence-electron chi connectivity index (χ0n) is 13.7. The number of H-pyrrole nitrogens is 1. The van der Waals surface area contributed by atoms with Gasteiger partial charge in [0.25, 0.3) is 0 Å². The van der Waals surface area contributed by atoms with E-state index in [1.54, 1.807) is 11.8 Å². The molecule has 4 nitrogen and oxygen atoms in total. The number of thioether (sulfide) groups is 1. The van der Waals surface area contributed by atoms with Gasteiger partial charge in [0, 0.05) is 35.2 Å². The molecule has 1 aliphatic rings. The monoisotopic (exact) mass is 329 g/mol. The molecule has 1 N–H and O–H groups in total. The number of piperidine rings is 1. The number of likely N-dealkylation sites (tertiary alicyclic amines) is 1. The molecule has 1 unspecified atom stereocenters. The Bertz CT molecular complexity index is 665. The fourth-order valence-electron chi connectivity index (χ4n) is 3.19. The molecule has 0 aliphatic carbocycles. The van der Waals surface area contributed by atoms with Crippen molar-refractivity contribution in [3.63, 3.8) is 0 Å². The molecule has 3 rings (SSSR count). The zero-order valence-corrected chi connectivity index (χ0v) is 14.5. The van der Waals surface area contributed by atoms with Gasteiger partial charge in [0.1, 0.15) is 0 Å². The van der Waals surface area contributed by atoms with E-state index in [0.29, 0.717) is 0 Å². The van der Waals surface area contributed by atoms with Gasteiger partial charge in [-0.15, -0.1) is 11.8 Å². The number of carbonyl (C=O) groups excluding carboxylic acids is 1. The minimum atomic E-state index is 0.101. The van der Waals surface area contributed by atoms with Crippen LogP contribution in [0, 0.1) is 12.8 Å². The van der Waals surface area contributed by atoms with E-state index in [2.05, 4.69) is 21.2 Å². The Hall–Kier alpha value is -1.59. The molecule has 1 fully saturated rings. The molecule has 0 bridgehead atoms. The van der Waals surface area contributed by atoms with E-state index in [0.717, 1.165) is 49.4 Å². The number of aromatic nitrogens is 2. The number of nitrogens with one attached hydrogen (secondary N) is 1. The van der Waals surface area contributed by atoms with Crippen molar-refractivity contribution in [1.29, 1.82) is 0 Å². The van der Waals surface area contributed by atoms with E-state index in [4.69, 9.17) is 0 Å². The highest BCUT2D eigenvalue weighted by molar-refractivity contribution is 7.98. The van der Waals surface area contributed by atoms with Gasteiger partial charge in [0.15, 0.2) is 5.78 Å².